The number of aromatic amines is 1. The standard InChI is InChI=1S/C21H29F3N6/c1-3-18(17-7-10-27-20(17)26-4-2)30(25)16-8-11-29(12-9-16)14-21(23,24)19-6-5-15(22)13-28-19/h3-7,10,13,16,19,27-28H,8-9,11-12,14,25H2,1-2H3/b18-3-,26-4-. The Morgan fingerprint density at radius 3 is 2.70 bits per heavy atom. The van der Waals surface area contributed by atoms with Gasteiger partial charge in [-0.2, -0.15) is 0 Å². The average molecular weight is 422 g/mol. The smallest absolute Gasteiger partial charge is 0.283 e. The molecule has 2 aliphatic heterocycles. The third kappa shape index (κ3) is 4.96. The van der Waals surface area contributed by atoms with E-state index in [4.69, 9.17) is 5.84 Å². The minimum atomic E-state index is -3.00. The molecule has 1 saturated heterocycles. The number of nitrogens with two attached hydrogens (primary N) is 1. The number of nitrogens with one attached hydrogen (secondary N) is 2. The summed E-state index contributed by atoms with van der Waals surface area (Å²) < 4.78 is 42.2. The van der Waals surface area contributed by atoms with Crippen molar-refractivity contribution in [3.63, 3.8) is 0 Å². The zero-order chi connectivity index (χ0) is 21.7. The molecule has 1 unspecified atom stereocenters. The predicted molar refractivity (Wildman–Crippen MR) is 114 cm³/mol. The number of hydrogen-bond acceptors (Lipinski definition) is 5. The molecule has 0 aliphatic carbocycles. The summed E-state index contributed by atoms with van der Waals surface area (Å²) in [5.41, 5.74) is 1.76. The first-order chi connectivity index (χ1) is 14.4. The Balaban J connectivity index is 1.58. The van der Waals surface area contributed by atoms with E-state index in [2.05, 4.69) is 15.3 Å². The highest BCUT2D eigenvalue weighted by molar-refractivity contribution is 5.74. The first-order valence-corrected chi connectivity index (χ1v) is 10.1. The second kappa shape index (κ2) is 9.53. The third-order valence-electron chi connectivity index (χ3n) is 5.50. The van der Waals surface area contributed by atoms with Crippen molar-refractivity contribution in [2.24, 2.45) is 10.8 Å². The minimum Gasteiger partial charge on any atom is -0.377 e. The van der Waals surface area contributed by atoms with Gasteiger partial charge in [0.25, 0.3) is 5.92 Å². The third-order valence-corrected chi connectivity index (χ3v) is 5.50. The van der Waals surface area contributed by atoms with Crippen LogP contribution in [0, 0.1) is 0 Å². The monoisotopic (exact) mass is 422 g/mol. The molecule has 6 nitrogen and oxygen atoms in total. The van der Waals surface area contributed by atoms with E-state index >= 15 is 0 Å². The molecule has 3 heterocycles. The van der Waals surface area contributed by atoms with Gasteiger partial charge in [-0.3, -0.25) is 4.90 Å². The number of aromatic nitrogens is 1. The molecule has 1 aromatic heterocycles. The second-order valence-corrected chi connectivity index (χ2v) is 7.51. The number of piperidine rings is 1. The highest BCUT2D eigenvalue weighted by Gasteiger charge is 2.41. The van der Waals surface area contributed by atoms with Crippen LogP contribution in [-0.2, 0) is 0 Å². The number of H-pyrrole nitrogens is 1. The van der Waals surface area contributed by atoms with Crippen molar-refractivity contribution in [3.8, 4) is 0 Å². The first-order valence-electron chi connectivity index (χ1n) is 10.1. The number of nitrogens with zero attached hydrogens (tertiary/aromatic N) is 3. The van der Waals surface area contributed by atoms with Gasteiger partial charge in [-0.15, -0.1) is 0 Å². The van der Waals surface area contributed by atoms with E-state index in [9.17, 15) is 13.2 Å². The maximum atomic E-state index is 14.6. The first kappa shape index (κ1) is 22.2. The van der Waals surface area contributed by atoms with Gasteiger partial charge < -0.3 is 15.3 Å². The summed E-state index contributed by atoms with van der Waals surface area (Å²) in [5.74, 6) is 3.61. The topological polar surface area (TPSA) is 72.7 Å². The van der Waals surface area contributed by atoms with Crippen LogP contribution in [0.15, 0.2) is 47.5 Å². The van der Waals surface area contributed by atoms with Gasteiger partial charge in [0.15, 0.2) is 0 Å². The Hall–Kier alpha value is -2.52. The van der Waals surface area contributed by atoms with E-state index in [0.717, 1.165) is 29.4 Å². The molecule has 0 saturated carbocycles. The molecule has 4 N–H and O–H groups in total. The Morgan fingerprint density at radius 2 is 2.10 bits per heavy atom. The lowest BCUT2D eigenvalue weighted by atomic mass is 10.0. The lowest BCUT2D eigenvalue weighted by molar-refractivity contribution is -0.0549. The number of allylic oxidation sites excluding steroid dienone is 3. The Labute approximate surface area is 175 Å². The van der Waals surface area contributed by atoms with Gasteiger partial charge in [0, 0.05) is 43.3 Å². The van der Waals surface area contributed by atoms with Gasteiger partial charge in [0.2, 0.25) is 0 Å². The Morgan fingerprint density at radius 1 is 1.37 bits per heavy atom. The number of aliphatic imine (C=N–C) groups is 1. The molecule has 2 aliphatic rings. The summed E-state index contributed by atoms with van der Waals surface area (Å²) in [4.78, 5) is 9.17. The lowest BCUT2D eigenvalue weighted by Crippen LogP contribution is -2.53. The molecule has 0 amide bonds. The average Bonchev–Trinajstić information content (AvgIpc) is 3.17. The number of hydrogen-bond donors (Lipinski definition) is 3. The summed E-state index contributed by atoms with van der Waals surface area (Å²) in [6.45, 7) is 4.40. The number of likely N-dealkylation sites (tertiary alicyclic amines) is 1. The fraction of sp³-hybridized carbons (Fsp3) is 0.476. The van der Waals surface area contributed by atoms with Crippen LogP contribution in [-0.4, -0.2) is 58.7 Å². The number of dihydropyridines is 1. The van der Waals surface area contributed by atoms with Crippen molar-refractivity contribution in [2.75, 3.05) is 19.6 Å². The fourth-order valence-electron chi connectivity index (χ4n) is 3.92. The van der Waals surface area contributed by atoms with E-state index in [1.54, 1.807) is 16.1 Å². The summed E-state index contributed by atoms with van der Waals surface area (Å²) in [6, 6.07) is 0.760. The van der Waals surface area contributed by atoms with Crippen LogP contribution in [0.3, 0.4) is 0 Å². The molecule has 1 fully saturated rings. The number of halogens is 3. The van der Waals surface area contributed by atoms with Crippen molar-refractivity contribution in [3.05, 3.63) is 48.1 Å². The maximum absolute atomic E-state index is 14.6. The van der Waals surface area contributed by atoms with Crippen molar-refractivity contribution < 1.29 is 13.2 Å². The fourth-order valence-corrected chi connectivity index (χ4v) is 3.92. The Bertz CT molecular complexity index is 834. The van der Waals surface area contributed by atoms with E-state index in [-0.39, 0.29) is 12.6 Å². The summed E-state index contributed by atoms with van der Waals surface area (Å²) in [5, 5.41) is 4.16. The van der Waals surface area contributed by atoms with Crippen LogP contribution in [0.25, 0.3) is 5.70 Å². The molecular formula is C21H29F3N6. The van der Waals surface area contributed by atoms with Gasteiger partial charge in [-0.1, -0.05) is 12.2 Å². The van der Waals surface area contributed by atoms with Gasteiger partial charge in [-0.05, 0) is 38.8 Å². The van der Waals surface area contributed by atoms with E-state index < -0.39 is 17.8 Å². The normalized spacial score (nSPS) is 21.7. The molecule has 1 aromatic rings. The summed E-state index contributed by atoms with van der Waals surface area (Å²) >= 11 is 0. The molecule has 3 rings (SSSR count). The molecule has 9 heteroatoms. The van der Waals surface area contributed by atoms with Crippen molar-refractivity contribution >= 4 is 17.7 Å². The van der Waals surface area contributed by atoms with E-state index in [0.29, 0.717) is 25.9 Å². The highest BCUT2D eigenvalue weighted by Crippen LogP contribution is 2.31. The van der Waals surface area contributed by atoms with Crippen LogP contribution in [0.2, 0.25) is 0 Å². The SMILES string of the molecule is C/C=N\c1[nH]ccc1/C(=C/C)N(N)C1CCN(CC(F)(F)C2C=CC(F)=CN2)CC1. The number of hydrazine groups is 1. The predicted octanol–water partition coefficient (Wildman–Crippen LogP) is 3.71. The van der Waals surface area contributed by atoms with E-state index in [1.165, 1.54) is 6.08 Å². The highest BCUT2D eigenvalue weighted by atomic mass is 19.3. The van der Waals surface area contributed by atoms with Gasteiger partial charge in [0.1, 0.15) is 17.7 Å². The molecule has 164 valence electrons. The van der Waals surface area contributed by atoms with Crippen LogP contribution < -0.4 is 11.2 Å². The summed E-state index contributed by atoms with van der Waals surface area (Å²) in [7, 11) is 0. The quantitative estimate of drug-likeness (QED) is 0.356. The van der Waals surface area contributed by atoms with Crippen LogP contribution in [0.1, 0.15) is 32.3 Å². The van der Waals surface area contributed by atoms with Gasteiger partial charge in [-0.25, -0.2) is 24.0 Å². The maximum Gasteiger partial charge on any atom is 0.283 e. The van der Waals surface area contributed by atoms with Crippen molar-refractivity contribution in [1.29, 1.82) is 0 Å². The molecule has 0 bridgehead atoms. The van der Waals surface area contributed by atoms with E-state index in [1.807, 2.05) is 32.2 Å². The number of alkyl halides is 2. The molecule has 1 atom stereocenters. The van der Waals surface area contributed by atoms with Crippen LogP contribution in [0.4, 0.5) is 19.0 Å². The van der Waals surface area contributed by atoms with Crippen LogP contribution >= 0.6 is 0 Å². The molecule has 0 radical (unpaired) electrons. The minimum absolute atomic E-state index is 0.0409. The van der Waals surface area contributed by atoms with Crippen molar-refractivity contribution in [2.45, 2.75) is 44.7 Å². The van der Waals surface area contributed by atoms with Crippen LogP contribution in [0.5, 0.6) is 0 Å². The van der Waals surface area contributed by atoms with Gasteiger partial charge in [0.05, 0.1) is 12.2 Å². The molecule has 0 spiro atoms. The second-order valence-electron chi connectivity index (χ2n) is 7.51. The zero-order valence-corrected chi connectivity index (χ0v) is 17.3. The molecule has 30 heavy (non-hydrogen) atoms. The number of rotatable bonds is 7. The summed E-state index contributed by atoms with van der Waals surface area (Å²) in [6.07, 6.45) is 10.0. The Kier molecular flexibility index (Phi) is 7.04. The zero-order valence-electron chi connectivity index (χ0n) is 17.3. The molecule has 0 aromatic carbocycles. The largest absolute Gasteiger partial charge is 0.377 e. The lowest BCUT2D eigenvalue weighted by Gasteiger charge is -2.40. The van der Waals surface area contributed by atoms with Gasteiger partial charge >= 0.3 is 0 Å². The van der Waals surface area contributed by atoms with Crippen molar-refractivity contribution in [1.82, 2.24) is 20.2 Å². The molecular weight excluding hydrogens is 393 g/mol.